The first-order chi connectivity index (χ1) is 9.24. The van der Waals surface area contributed by atoms with E-state index in [2.05, 4.69) is 16.2 Å². The highest BCUT2D eigenvalue weighted by Crippen LogP contribution is 2.39. The maximum absolute atomic E-state index is 6.19. The molecule has 4 rings (SSSR count). The first kappa shape index (κ1) is 13.4. The van der Waals surface area contributed by atoms with Crippen molar-refractivity contribution >= 4 is 12.4 Å². The van der Waals surface area contributed by atoms with E-state index in [0.29, 0.717) is 11.7 Å². The zero-order chi connectivity index (χ0) is 12.9. The highest BCUT2D eigenvalue weighted by Gasteiger charge is 2.40. The van der Waals surface area contributed by atoms with Crippen LogP contribution in [-0.2, 0) is 12.0 Å². The molecule has 1 fully saturated rings. The number of benzene rings is 1. The highest BCUT2D eigenvalue weighted by molar-refractivity contribution is 5.85. The Hall–Kier alpha value is -1.59. The summed E-state index contributed by atoms with van der Waals surface area (Å²) in [6.45, 7) is 0. The molecule has 1 aromatic carbocycles. The lowest BCUT2D eigenvalue weighted by atomic mass is 9.77. The van der Waals surface area contributed by atoms with Gasteiger partial charge in [0.2, 0.25) is 0 Å². The topological polar surface area (TPSA) is 74.2 Å². The van der Waals surface area contributed by atoms with E-state index in [-0.39, 0.29) is 24.0 Å². The second-order valence-corrected chi connectivity index (χ2v) is 5.38. The van der Waals surface area contributed by atoms with Gasteiger partial charge in [-0.3, -0.25) is 0 Å². The molecule has 0 radical (unpaired) electrons. The van der Waals surface area contributed by atoms with Crippen molar-refractivity contribution in [2.75, 3.05) is 0 Å². The molecule has 6 heteroatoms. The molecule has 1 atom stereocenters. The van der Waals surface area contributed by atoms with Gasteiger partial charge in [0.05, 0.1) is 5.54 Å². The third-order valence-corrected chi connectivity index (χ3v) is 4.06. The Morgan fingerprint density at radius 3 is 2.75 bits per heavy atom. The Balaban J connectivity index is 0.00000121. The van der Waals surface area contributed by atoms with Crippen molar-refractivity contribution < 1.29 is 9.26 Å². The summed E-state index contributed by atoms with van der Waals surface area (Å²) in [5.41, 5.74) is 6.99. The SMILES string of the molecule is Cl.NC1(c2noc(C3Cc4ccccc4O3)n2)CCC1. The maximum atomic E-state index is 6.19. The largest absolute Gasteiger partial charge is 0.480 e. The van der Waals surface area contributed by atoms with E-state index in [0.717, 1.165) is 31.4 Å². The number of hydrogen-bond acceptors (Lipinski definition) is 5. The molecule has 0 spiro atoms. The van der Waals surface area contributed by atoms with Crippen LogP contribution < -0.4 is 10.5 Å². The normalized spacial score (nSPS) is 22.4. The maximum Gasteiger partial charge on any atom is 0.268 e. The minimum Gasteiger partial charge on any atom is -0.480 e. The van der Waals surface area contributed by atoms with Crippen LogP contribution in [-0.4, -0.2) is 10.1 Å². The summed E-state index contributed by atoms with van der Waals surface area (Å²) in [7, 11) is 0. The zero-order valence-electron chi connectivity index (χ0n) is 10.9. The zero-order valence-corrected chi connectivity index (χ0v) is 11.7. The van der Waals surface area contributed by atoms with Crippen LogP contribution in [0.2, 0.25) is 0 Å². The molecule has 1 aliphatic carbocycles. The molecule has 0 saturated heterocycles. The second kappa shape index (κ2) is 4.75. The molecule has 2 N–H and O–H groups in total. The first-order valence-electron chi connectivity index (χ1n) is 6.62. The molecule has 1 aliphatic heterocycles. The van der Waals surface area contributed by atoms with Crippen LogP contribution in [0.5, 0.6) is 5.75 Å². The van der Waals surface area contributed by atoms with Crippen LogP contribution in [0.15, 0.2) is 28.8 Å². The third kappa shape index (κ3) is 1.98. The van der Waals surface area contributed by atoms with Gasteiger partial charge in [0, 0.05) is 6.42 Å². The highest BCUT2D eigenvalue weighted by atomic mass is 35.5. The molecule has 2 aliphatic rings. The van der Waals surface area contributed by atoms with Crippen LogP contribution in [0.25, 0.3) is 0 Å². The van der Waals surface area contributed by atoms with Gasteiger partial charge in [0.25, 0.3) is 5.89 Å². The summed E-state index contributed by atoms with van der Waals surface area (Å²) in [5, 5.41) is 4.03. The number of nitrogens with zero attached hydrogens (tertiary/aromatic N) is 2. The summed E-state index contributed by atoms with van der Waals surface area (Å²) in [6.07, 6.45) is 3.58. The molecule has 0 bridgehead atoms. The Morgan fingerprint density at radius 1 is 1.25 bits per heavy atom. The van der Waals surface area contributed by atoms with Crippen LogP contribution in [0.3, 0.4) is 0 Å². The van der Waals surface area contributed by atoms with Gasteiger partial charge in [0.1, 0.15) is 5.75 Å². The Labute approximate surface area is 122 Å². The van der Waals surface area contributed by atoms with Crippen LogP contribution in [0.1, 0.15) is 42.6 Å². The molecule has 2 heterocycles. The molecule has 0 amide bonds. The van der Waals surface area contributed by atoms with Crippen LogP contribution in [0.4, 0.5) is 0 Å². The minimum atomic E-state index is -0.382. The number of para-hydroxylation sites is 1. The Morgan fingerprint density at radius 2 is 2.05 bits per heavy atom. The first-order valence-corrected chi connectivity index (χ1v) is 6.62. The fourth-order valence-corrected chi connectivity index (χ4v) is 2.67. The Bertz CT molecular complexity index is 599. The van der Waals surface area contributed by atoms with Crippen molar-refractivity contribution in [1.29, 1.82) is 0 Å². The van der Waals surface area contributed by atoms with Crippen molar-refractivity contribution in [3.05, 3.63) is 41.5 Å². The summed E-state index contributed by atoms with van der Waals surface area (Å²) < 4.78 is 11.2. The quantitative estimate of drug-likeness (QED) is 0.921. The lowest BCUT2D eigenvalue weighted by molar-refractivity contribution is 0.182. The number of rotatable bonds is 2. The third-order valence-electron chi connectivity index (χ3n) is 4.06. The summed E-state index contributed by atoms with van der Waals surface area (Å²) in [4.78, 5) is 4.44. The number of hydrogen-bond donors (Lipinski definition) is 1. The second-order valence-electron chi connectivity index (χ2n) is 5.38. The van der Waals surface area contributed by atoms with E-state index in [4.69, 9.17) is 15.0 Å². The molecule has 5 nitrogen and oxygen atoms in total. The number of nitrogens with two attached hydrogens (primary N) is 1. The molecule has 106 valence electrons. The van der Waals surface area contributed by atoms with Gasteiger partial charge in [-0.15, -0.1) is 12.4 Å². The predicted octanol–water partition coefficient (Wildman–Crippen LogP) is 2.51. The lowest BCUT2D eigenvalue weighted by Crippen LogP contribution is -2.44. The van der Waals surface area contributed by atoms with Crippen molar-refractivity contribution in [2.24, 2.45) is 5.73 Å². The average Bonchev–Trinajstić information content (AvgIpc) is 3.02. The van der Waals surface area contributed by atoms with Gasteiger partial charge in [-0.25, -0.2) is 0 Å². The fraction of sp³-hybridized carbons (Fsp3) is 0.429. The molecule has 1 aromatic heterocycles. The van der Waals surface area contributed by atoms with Gasteiger partial charge in [-0.2, -0.15) is 4.98 Å². The van der Waals surface area contributed by atoms with Crippen molar-refractivity contribution in [3.63, 3.8) is 0 Å². The van der Waals surface area contributed by atoms with Crippen LogP contribution >= 0.6 is 12.4 Å². The van der Waals surface area contributed by atoms with Gasteiger partial charge >= 0.3 is 0 Å². The predicted molar refractivity (Wildman–Crippen MR) is 74.8 cm³/mol. The van der Waals surface area contributed by atoms with E-state index in [9.17, 15) is 0 Å². The van der Waals surface area contributed by atoms with Crippen molar-refractivity contribution in [3.8, 4) is 5.75 Å². The minimum absolute atomic E-state index is 0. The Kier molecular flexibility index (Phi) is 3.18. The van der Waals surface area contributed by atoms with Gasteiger partial charge in [-0.1, -0.05) is 23.4 Å². The van der Waals surface area contributed by atoms with E-state index in [1.54, 1.807) is 0 Å². The summed E-state index contributed by atoms with van der Waals surface area (Å²) >= 11 is 0. The lowest BCUT2D eigenvalue weighted by Gasteiger charge is -2.34. The van der Waals surface area contributed by atoms with Crippen molar-refractivity contribution in [1.82, 2.24) is 10.1 Å². The van der Waals surface area contributed by atoms with Gasteiger partial charge in [0.15, 0.2) is 11.9 Å². The van der Waals surface area contributed by atoms with Crippen LogP contribution in [0, 0.1) is 0 Å². The molecule has 1 saturated carbocycles. The monoisotopic (exact) mass is 293 g/mol. The molecular weight excluding hydrogens is 278 g/mol. The average molecular weight is 294 g/mol. The van der Waals surface area contributed by atoms with Gasteiger partial charge in [-0.05, 0) is 30.9 Å². The smallest absolute Gasteiger partial charge is 0.268 e. The standard InChI is InChI=1S/C14H15N3O2.ClH/c15-14(6-3-7-14)13-16-12(19-17-13)11-8-9-4-1-2-5-10(9)18-11;/h1-2,4-5,11H,3,6-8,15H2;1H. The number of aromatic nitrogens is 2. The molecule has 20 heavy (non-hydrogen) atoms. The van der Waals surface area contributed by atoms with Crippen molar-refractivity contribution in [2.45, 2.75) is 37.3 Å². The number of halogens is 1. The van der Waals surface area contributed by atoms with E-state index >= 15 is 0 Å². The van der Waals surface area contributed by atoms with E-state index in [1.165, 1.54) is 5.56 Å². The van der Waals surface area contributed by atoms with Gasteiger partial charge < -0.3 is 15.0 Å². The summed E-state index contributed by atoms with van der Waals surface area (Å²) in [6, 6.07) is 7.99. The molecular formula is C14H16ClN3O2. The number of ether oxygens (including phenoxy) is 1. The fourth-order valence-electron chi connectivity index (χ4n) is 2.67. The van der Waals surface area contributed by atoms with E-state index < -0.39 is 0 Å². The molecule has 1 unspecified atom stereocenters. The molecule has 2 aromatic rings. The number of fused-ring (bicyclic) bond motifs is 1. The summed E-state index contributed by atoms with van der Waals surface area (Å²) in [5.74, 6) is 2.05. The van der Waals surface area contributed by atoms with E-state index in [1.807, 2.05) is 18.2 Å².